The minimum Gasteiger partial charge on any atom is -0.316 e. The number of hydrogen-bond acceptors (Lipinski definition) is 4. The van der Waals surface area contributed by atoms with Crippen LogP contribution in [0.1, 0.15) is 30.7 Å². The summed E-state index contributed by atoms with van der Waals surface area (Å²) in [4.78, 5) is 1.03. The van der Waals surface area contributed by atoms with Crippen LogP contribution in [0.2, 0.25) is 0 Å². The van der Waals surface area contributed by atoms with E-state index in [0.29, 0.717) is 6.54 Å². The Balaban J connectivity index is 1.88. The van der Waals surface area contributed by atoms with Crippen molar-refractivity contribution in [2.45, 2.75) is 48.8 Å². The van der Waals surface area contributed by atoms with E-state index in [9.17, 15) is 4.39 Å². The van der Waals surface area contributed by atoms with E-state index in [1.807, 2.05) is 13.1 Å². The quantitative estimate of drug-likeness (QED) is 0.943. The highest BCUT2D eigenvalue weighted by atomic mass is 32.2. The van der Waals surface area contributed by atoms with Gasteiger partial charge in [0.25, 0.3) is 0 Å². The van der Waals surface area contributed by atoms with Crippen LogP contribution in [0.25, 0.3) is 0 Å². The van der Waals surface area contributed by atoms with Gasteiger partial charge in [-0.15, -0.1) is 10.2 Å². The molecule has 0 spiro atoms. The molecule has 0 saturated heterocycles. The van der Waals surface area contributed by atoms with Gasteiger partial charge < -0.3 is 9.88 Å². The van der Waals surface area contributed by atoms with Gasteiger partial charge in [-0.25, -0.2) is 4.39 Å². The molecule has 0 bridgehead atoms. The molecule has 6 heteroatoms. The van der Waals surface area contributed by atoms with E-state index in [1.165, 1.54) is 25.3 Å². The van der Waals surface area contributed by atoms with Gasteiger partial charge in [0.05, 0.1) is 0 Å². The molecule has 1 N–H and O–H groups in total. The number of hydrogen-bond donors (Lipinski definition) is 1. The maximum atomic E-state index is 13.4. The molecule has 0 atom stereocenters. The van der Waals surface area contributed by atoms with Crippen LogP contribution in [0.15, 0.2) is 28.3 Å². The number of halogens is 1. The Morgan fingerprint density at radius 1 is 1.29 bits per heavy atom. The molecular formula is C15H19FN4S. The summed E-state index contributed by atoms with van der Waals surface area (Å²) in [6.07, 6.45) is 4.60. The summed E-state index contributed by atoms with van der Waals surface area (Å²) in [7, 11) is 1.86. The highest BCUT2D eigenvalue weighted by Gasteiger charge is 2.16. The third-order valence-corrected chi connectivity index (χ3v) is 4.77. The van der Waals surface area contributed by atoms with E-state index < -0.39 is 0 Å². The first-order valence-electron chi connectivity index (χ1n) is 7.31. The Morgan fingerprint density at radius 2 is 2.19 bits per heavy atom. The largest absolute Gasteiger partial charge is 0.316 e. The van der Waals surface area contributed by atoms with Crippen molar-refractivity contribution in [1.29, 1.82) is 0 Å². The van der Waals surface area contributed by atoms with Crippen LogP contribution in [0.4, 0.5) is 4.39 Å². The second-order valence-electron chi connectivity index (χ2n) is 5.25. The molecule has 112 valence electrons. The maximum Gasteiger partial charge on any atom is 0.196 e. The van der Waals surface area contributed by atoms with E-state index in [1.54, 1.807) is 17.8 Å². The van der Waals surface area contributed by atoms with Crippen molar-refractivity contribution >= 4 is 11.8 Å². The molecular weight excluding hydrogens is 287 g/mol. The standard InChI is InChI=1S/C15H19FN4S/c1-17-10-11-9-12(16)6-7-13(11)21-15-19-18-14-5-3-2-4-8-20(14)15/h6-7,9,17H,2-5,8,10H2,1H3. The average Bonchev–Trinajstić information content (AvgIpc) is 2.70. The molecule has 1 aromatic carbocycles. The second-order valence-corrected chi connectivity index (χ2v) is 6.25. The van der Waals surface area contributed by atoms with Crippen LogP contribution in [0.5, 0.6) is 0 Å². The fourth-order valence-electron chi connectivity index (χ4n) is 2.61. The number of nitrogens with one attached hydrogen (secondary N) is 1. The van der Waals surface area contributed by atoms with E-state index >= 15 is 0 Å². The van der Waals surface area contributed by atoms with Gasteiger partial charge in [0.1, 0.15) is 11.6 Å². The predicted molar refractivity (Wildman–Crippen MR) is 80.9 cm³/mol. The van der Waals surface area contributed by atoms with Crippen LogP contribution in [0.3, 0.4) is 0 Å². The van der Waals surface area contributed by atoms with Crippen LogP contribution < -0.4 is 5.32 Å². The van der Waals surface area contributed by atoms with Gasteiger partial charge in [-0.3, -0.25) is 0 Å². The third-order valence-electron chi connectivity index (χ3n) is 3.67. The van der Waals surface area contributed by atoms with Gasteiger partial charge in [0.2, 0.25) is 0 Å². The second kappa shape index (κ2) is 6.58. The number of nitrogens with zero attached hydrogens (tertiary/aromatic N) is 3. The molecule has 0 radical (unpaired) electrons. The predicted octanol–water partition coefficient (Wildman–Crippen LogP) is 3.01. The van der Waals surface area contributed by atoms with Gasteiger partial charge in [0, 0.05) is 24.4 Å². The Kier molecular flexibility index (Phi) is 4.55. The zero-order valence-corrected chi connectivity index (χ0v) is 12.9. The van der Waals surface area contributed by atoms with Crippen molar-refractivity contribution in [2.24, 2.45) is 0 Å². The Hall–Kier alpha value is -1.40. The zero-order valence-electron chi connectivity index (χ0n) is 12.1. The van der Waals surface area contributed by atoms with E-state index in [2.05, 4.69) is 20.1 Å². The number of fused-ring (bicyclic) bond motifs is 1. The summed E-state index contributed by atoms with van der Waals surface area (Å²) >= 11 is 1.58. The molecule has 1 aliphatic rings. The highest BCUT2D eigenvalue weighted by Crippen LogP contribution is 2.31. The number of rotatable bonds is 4. The van der Waals surface area contributed by atoms with Crippen molar-refractivity contribution in [3.63, 3.8) is 0 Å². The summed E-state index contributed by atoms with van der Waals surface area (Å²) in [5, 5.41) is 12.6. The summed E-state index contributed by atoms with van der Waals surface area (Å²) in [5.41, 5.74) is 0.952. The number of benzene rings is 1. The minimum atomic E-state index is -0.204. The topological polar surface area (TPSA) is 42.7 Å². The van der Waals surface area contributed by atoms with Crippen molar-refractivity contribution in [3.05, 3.63) is 35.4 Å². The van der Waals surface area contributed by atoms with Crippen molar-refractivity contribution < 1.29 is 4.39 Å². The minimum absolute atomic E-state index is 0.204. The first-order chi connectivity index (χ1) is 10.3. The van der Waals surface area contributed by atoms with Crippen molar-refractivity contribution in [1.82, 2.24) is 20.1 Å². The van der Waals surface area contributed by atoms with Gasteiger partial charge in [-0.1, -0.05) is 6.42 Å². The molecule has 4 nitrogen and oxygen atoms in total. The molecule has 1 aliphatic heterocycles. The van der Waals surface area contributed by atoms with E-state index in [-0.39, 0.29) is 5.82 Å². The van der Waals surface area contributed by atoms with Gasteiger partial charge in [-0.2, -0.15) is 0 Å². The molecule has 0 unspecified atom stereocenters. The molecule has 1 aromatic heterocycles. The first kappa shape index (κ1) is 14.5. The SMILES string of the molecule is CNCc1cc(F)ccc1Sc1nnc2n1CCCCC2. The molecule has 0 amide bonds. The normalized spacial score (nSPS) is 14.8. The van der Waals surface area contributed by atoms with Gasteiger partial charge >= 0.3 is 0 Å². The number of aromatic nitrogens is 3. The third kappa shape index (κ3) is 3.27. The van der Waals surface area contributed by atoms with E-state index in [4.69, 9.17) is 0 Å². The van der Waals surface area contributed by atoms with Gasteiger partial charge in [-0.05, 0) is 55.4 Å². The lowest BCUT2D eigenvalue weighted by Crippen LogP contribution is -2.07. The lowest BCUT2D eigenvalue weighted by molar-refractivity contribution is 0.590. The molecule has 2 heterocycles. The van der Waals surface area contributed by atoms with Crippen LogP contribution in [-0.2, 0) is 19.5 Å². The smallest absolute Gasteiger partial charge is 0.196 e. The lowest BCUT2D eigenvalue weighted by atomic mass is 10.2. The molecule has 0 fully saturated rings. The average molecular weight is 306 g/mol. The molecule has 2 aromatic rings. The zero-order chi connectivity index (χ0) is 14.7. The van der Waals surface area contributed by atoms with Gasteiger partial charge in [0.15, 0.2) is 5.16 Å². The molecule has 21 heavy (non-hydrogen) atoms. The van der Waals surface area contributed by atoms with Crippen LogP contribution in [0, 0.1) is 5.82 Å². The van der Waals surface area contributed by atoms with Crippen LogP contribution >= 0.6 is 11.8 Å². The monoisotopic (exact) mass is 306 g/mol. The fourth-order valence-corrected chi connectivity index (χ4v) is 3.59. The molecule has 0 aliphatic carbocycles. The Bertz CT molecular complexity index is 626. The highest BCUT2D eigenvalue weighted by molar-refractivity contribution is 7.99. The van der Waals surface area contributed by atoms with Crippen molar-refractivity contribution in [3.8, 4) is 0 Å². The summed E-state index contributed by atoms with van der Waals surface area (Å²) in [6.45, 7) is 1.62. The van der Waals surface area contributed by atoms with Crippen LogP contribution in [-0.4, -0.2) is 21.8 Å². The molecule has 3 rings (SSSR count). The lowest BCUT2D eigenvalue weighted by Gasteiger charge is -2.10. The maximum absolute atomic E-state index is 13.4. The summed E-state index contributed by atoms with van der Waals surface area (Å²) in [6, 6.07) is 4.91. The summed E-state index contributed by atoms with van der Waals surface area (Å²) in [5.74, 6) is 0.872. The Labute approximate surface area is 128 Å². The summed E-state index contributed by atoms with van der Waals surface area (Å²) < 4.78 is 15.6. The molecule has 0 saturated carbocycles. The first-order valence-corrected chi connectivity index (χ1v) is 8.12. The van der Waals surface area contributed by atoms with Crippen molar-refractivity contribution in [2.75, 3.05) is 7.05 Å². The Morgan fingerprint density at radius 3 is 3.05 bits per heavy atom. The fraction of sp³-hybridized carbons (Fsp3) is 0.467. The number of aryl methyl sites for hydroxylation is 1. The van der Waals surface area contributed by atoms with E-state index in [0.717, 1.165) is 34.4 Å².